The molecule has 2 atom stereocenters. The molecule has 1 aliphatic heterocycles. The third-order valence-electron chi connectivity index (χ3n) is 6.17. The highest BCUT2D eigenvalue weighted by Crippen LogP contribution is 2.33. The van der Waals surface area contributed by atoms with E-state index in [2.05, 4.69) is 4.90 Å². The molecule has 0 radical (unpaired) electrons. The van der Waals surface area contributed by atoms with Crippen LogP contribution in [0.25, 0.3) is 0 Å². The van der Waals surface area contributed by atoms with Crippen molar-refractivity contribution in [3.05, 3.63) is 53.6 Å². The van der Waals surface area contributed by atoms with Gasteiger partial charge in [-0.25, -0.2) is 4.79 Å². The molecule has 0 fully saturated rings. The molecule has 7 nitrogen and oxygen atoms in total. The summed E-state index contributed by atoms with van der Waals surface area (Å²) >= 11 is 0. The van der Waals surface area contributed by atoms with Crippen LogP contribution in [0.5, 0.6) is 17.2 Å². The zero-order chi connectivity index (χ0) is 23.8. The minimum Gasteiger partial charge on any atom is -0.493 e. The van der Waals surface area contributed by atoms with E-state index in [1.165, 1.54) is 5.56 Å². The molecule has 0 bridgehead atoms. The molecule has 7 heteroatoms. The molecule has 1 aliphatic rings. The maximum absolute atomic E-state index is 12.8. The highest BCUT2D eigenvalue weighted by atomic mass is 16.6. The van der Waals surface area contributed by atoms with Crippen LogP contribution < -0.4 is 14.2 Å². The van der Waals surface area contributed by atoms with Crippen molar-refractivity contribution in [2.24, 2.45) is 0 Å². The predicted molar refractivity (Wildman–Crippen MR) is 126 cm³/mol. The van der Waals surface area contributed by atoms with Gasteiger partial charge >= 0.3 is 5.97 Å². The van der Waals surface area contributed by atoms with Gasteiger partial charge in [0.1, 0.15) is 11.9 Å². The van der Waals surface area contributed by atoms with Gasteiger partial charge in [0.25, 0.3) is 0 Å². The molecule has 3 rings (SSSR count). The molecule has 0 amide bonds. The lowest BCUT2D eigenvalue weighted by Gasteiger charge is -2.31. The number of carbonyl (C=O) groups excluding carboxylic acids is 1. The van der Waals surface area contributed by atoms with Crippen molar-refractivity contribution in [3.8, 4) is 17.2 Å². The Labute approximate surface area is 196 Å². The quantitative estimate of drug-likeness (QED) is 0.433. The van der Waals surface area contributed by atoms with Crippen LogP contribution in [0.15, 0.2) is 42.5 Å². The first-order valence-electron chi connectivity index (χ1n) is 11.4. The second-order valence-corrected chi connectivity index (χ2v) is 8.60. The fraction of sp³-hybridized carbons (Fsp3) is 0.500. The summed E-state index contributed by atoms with van der Waals surface area (Å²) in [6.45, 7) is 3.52. The molecule has 180 valence electrons. The van der Waals surface area contributed by atoms with E-state index in [4.69, 9.17) is 18.9 Å². The molecule has 0 saturated carbocycles. The number of nitrogens with zero attached hydrogens (tertiary/aromatic N) is 1. The van der Waals surface area contributed by atoms with Crippen molar-refractivity contribution >= 4 is 5.97 Å². The first-order valence-corrected chi connectivity index (χ1v) is 11.4. The molecule has 1 N–H and O–H groups in total. The smallest absolute Gasteiger partial charge is 0.352 e. The van der Waals surface area contributed by atoms with Gasteiger partial charge in [-0.15, -0.1) is 0 Å². The number of aryl methyl sites for hydroxylation is 1. The van der Waals surface area contributed by atoms with E-state index in [0.29, 0.717) is 25.0 Å². The fourth-order valence-corrected chi connectivity index (χ4v) is 3.96. The Bertz CT molecular complexity index is 933. The van der Waals surface area contributed by atoms with Gasteiger partial charge in [-0.2, -0.15) is 0 Å². The number of para-hydroxylation sites is 1. The Morgan fingerprint density at radius 3 is 2.67 bits per heavy atom. The fourth-order valence-electron chi connectivity index (χ4n) is 3.96. The average Bonchev–Trinajstić information content (AvgIpc) is 2.96. The number of benzene rings is 2. The van der Waals surface area contributed by atoms with E-state index in [1.807, 2.05) is 49.5 Å². The molecule has 0 spiro atoms. The molecule has 2 aromatic carbocycles. The maximum Gasteiger partial charge on any atom is 0.352 e. The Kier molecular flexibility index (Phi) is 8.58. The molecule has 33 heavy (non-hydrogen) atoms. The summed E-state index contributed by atoms with van der Waals surface area (Å²) < 4.78 is 22.1. The van der Waals surface area contributed by atoms with Gasteiger partial charge in [0.05, 0.1) is 20.8 Å². The minimum atomic E-state index is -1.41. The van der Waals surface area contributed by atoms with Crippen LogP contribution in [0.2, 0.25) is 0 Å². The number of methoxy groups -OCH3 is 2. The minimum absolute atomic E-state index is 0.271. The molecule has 0 aliphatic carbocycles. The lowest BCUT2D eigenvalue weighted by atomic mass is 9.95. The van der Waals surface area contributed by atoms with Gasteiger partial charge in [0.15, 0.2) is 11.5 Å². The number of hydrogen-bond acceptors (Lipinski definition) is 7. The van der Waals surface area contributed by atoms with Gasteiger partial charge in [-0.05, 0) is 69.0 Å². The second-order valence-electron chi connectivity index (χ2n) is 8.60. The van der Waals surface area contributed by atoms with Crippen LogP contribution in [0.3, 0.4) is 0 Å². The number of rotatable bonds is 10. The van der Waals surface area contributed by atoms with Crippen molar-refractivity contribution in [1.82, 2.24) is 4.90 Å². The first kappa shape index (κ1) is 24.9. The van der Waals surface area contributed by atoms with Gasteiger partial charge in [-0.1, -0.05) is 24.3 Å². The van der Waals surface area contributed by atoms with Crippen molar-refractivity contribution in [1.29, 1.82) is 0 Å². The Balaban J connectivity index is 1.44. The van der Waals surface area contributed by atoms with Gasteiger partial charge in [0.2, 0.25) is 5.60 Å². The Morgan fingerprint density at radius 2 is 1.91 bits per heavy atom. The van der Waals surface area contributed by atoms with Crippen molar-refractivity contribution in [2.75, 3.05) is 41.0 Å². The van der Waals surface area contributed by atoms with E-state index in [1.54, 1.807) is 21.1 Å². The summed E-state index contributed by atoms with van der Waals surface area (Å²) in [5.74, 6) is 1.54. The molecule has 0 aromatic heterocycles. The summed E-state index contributed by atoms with van der Waals surface area (Å²) in [4.78, 5) is 15.0. The summed E-state index contributed by atoms with van der Waals surface area (Å²) in [6.07, 6.45) is 1.74. The summed E-state index contributed by atoms with van der Waals surface area (Å²) in [5, 5.41) is 10.6. The summed E-state index contributed by atoms with van der Waals surface area (Å²) in [5.41, 5.74) is 0.745. The monoisotopic (exact) mass is 457 g/mol. The number of likely N-dealkylation sites (N-methyl/N-ethyl adjacent to an activating group) is 1. The highest BCUT2D eigenvalue weighted by molar-refractivity contribution is 5.80. The third kappa shape index (κ3) is 6.18. The van der Waals surface area contributed by atoms with E-state index >= 15 is 0 Å². The van der Waals surface area contributed by atoms with Crippen molar-refractivity contribution < 1.29 is 28.8 Å². The van der Waals surface area contributed by atoms with Crippen molar-refractivity contribution in [3.63, 3.8) is 0 Å². The zero-order valence-corrected chi connectivity index (χ0v) is 20.0. The van der Waals surface area contributed by atoms with Crippen LogP contribution in [0.4, 0.5) is 0 Å². The summed E-state index contributed by atoms with van der Waals surface area (Å²) in [7, 11) is 5.30. The lowest BCUT2D eigenvalue weighted by molar-refractivity contribution is -0.170. The largest absolute Gasteiger partial charge is 0.493 e. The van der Waals surface area contributed by atoms with E-state index in [0.717, 1.165) is 36.6 Å². The lowest BCUT2D eigenvalue weighted by Crippen LogP contribution is -2.52. The second kappa shape index (κ2) is 11.4. The molecule has 2 aromatic rings. The van der Waals surface area contributed by atoms with Crippen LogP contribution in [-0.2, 0) is 22.4 Å². The molecule has 1 heterocycles. The number of ether oxygens (including phenoxy) is 4. The number of carbonyl (C=O) groups is 1. The number of aliphatic hydroxyl groups excluding tert-OH is 1. The summed E-state index contributed by atoms with van der Waals surface area (Å²) in [6, 6.07) is 13.5. The first-order chi connectivity index (χ1) is 15.9. The number of aliphatic hydroxyl groups is 1. The zero-order valence-electron chi connectivity index (χ0n) is 20.0. The SMILES string of the molecule is COc1ccc(CCN(C)CCCOC(=O)C2(C)Oc3ccccc3CCC2O)cc1OC. The van der Waals surface area contributed by atoms with Crippen molar-refractivity contribution in [2.45, 2.75) is 44.3 Å². The predicted octanol–water partition coefficient (Wildman–Crippen LogP) is 3.26. The molecule has 2 unspecified atom stereocenters. The molecule has 0 saturated heterocycles. The Morgan fingerprint density at radius 1 is 1.15 bits per heavy atom. The standard InChI is InChI=1S/C26H35NO6/c1-26(24(28)13-11-20-8-5-6-9-21(20)33-26)25(29)32-17-7-15-27(2)16-14-19-10-12-22(30-3)23(18-19)31-4/h5-6,8-10,12,18,24,28H,7,11,13-17H2,1-4H3. The average molecular weight is 458 g/mol. The maximum atomic E-state index is 12.8. The van der Waals surface area contributed by atoms with E-state index < -0.39 is 17.7 Å². The van der Waals surface area contributed by atoms with Gasteiger partial charge in [-0.3, -0.25) is 0 Å². The van der Waals surface area contributed by atoms with Crippen LogP contribution in [0, 0.1) is 0 Å². The highest BCUT2D eigenvalue weighted by Gasteiger charge is 2.46. The van der Waals surface area contributed by atoms with Gasteiger partial charge < -0.3 is 29.0 Å². The van der Waals surface area contributed by atoms with Crippen LogP contribution in [0.1, 0.15) is 30.9 Å². The van der Waals surface area contributed by atoms with Gasteiger partial charge in [0, 0.05) is 13.1 Å². The topological polar surface area (TPSA) is 77.5 Å². The molecular formula is C26H35NO6. The molecular weight excluding hydrogens is 422 g/mol. The van der Waals surface area contributed by atoms with E-state index in [9.17, 15) is 9.90 Å². The normalized spacial score (nSPS) is 19.9. The third-order valence-corrected chi connectivity index (χ3v) is 6.17. The van der Waals surface area contributed by atoms with E-state index in [-0.39, 0.29) is 6.61 Å². The van der Waals surface area contributed by atoms with Crippen LogP contribution >= 0.6 is 0 Å². The number of hydrogen-bond donors (Lipinski definition) is 1. The number of esters is 1. The Hall–Kier alpha value is -2.77. The number of fused-ring (bicyclic) bond motifs is 1. The van der Waals surface area contributed by atoms with Crippen LogP contribution in [-0.4, -0.2) is 68.6 Å².